The van der Waals surface area contributed by atoms with Gasteiger partial charge in [0.1, 0.15) is 5.76 Å². The molecule has 3 heteroatoms. The van der Waals surface area contributed by atoms with E-state index < -0.39 is 0 Å². The SMILES string of the molecule is Cc1nc(C2CC2)oc1CN. The van der Waals surface area contributed by atoms with Crippen molar-refractivity contribution in [3.63, 3.8) is 0 Å². The van der Waals surface area contributed by atoms with Gasteiger partial charge in [0.2, 0.25) is 0 Å². The monoisotopic (exact) mass is 152 g/mol. The first-order chi connectivity index (χ1) is 5.31. The van der Waals surface area contributed by atoms with Crippen LogP contribution in [0.2, 0.25) is 0 Å². The highest BCUT2D eigenvalue weighted by Gasteiger charge is 2.29. The molecule has 1 heterocycles. The quantitative estimate of drug-likeness (QED) is 0.695. The van der Waals surface area contributed by atoms with E-state index in [4.69, 9.17) is 10.2 Å². The fraction of sp³-hybridized carbons (Fsp3) is 0.625. The summed E-state index contributed by atoms with van der Waals surface area (Å²) in [6.07, 6.45) is 2.45. The van der Waals surface area contributed by atoms with E-state index in [1.807, 2.05) is 6.92 Å². The Bertz CT molecular complexity index is 263. The number of oxazole rings is 1. The summed E-state index contributed by atoms with van der Waals surface area (Å²) in [5, 5.41) is 0. The fourth-order valence-corrected chi connectivity index (χ4v) is 1.14. The van der Waals surface area contributed by atoms with Crippen LogP contribution in [-0.2, 0) is 6.54 Å². The summed E-state index contributed by atoms with van der Waals surface area (Å²) in [5.41, 5.74) is 6.40. The minimum atomic E-state index is 0.464. The molecule has 11 heavy (non-hydrogen) atoms. The molecule has 0 aliphatic heterocycles. The second kappa shape index (κ2) is 2.34. The normalized spacial score (nSPS) is 17.3. The van der Waals surface area contributed by atoms with Crippen LogP contribution in [0.15, 0.2) is 4.42 Å². The average Bonchev–Trinajstić information content (AvgIpc) is 2.76. The van der Waals surface area contributed by atoms with Crippen molar-refractivity contribution in [3.8, 4) is 0 Å². The molecular formula is C8H12N2O. The molecule has 1 saturated carbocycles. The van der Waals surface area contributed by atoms with E-state index in [9.17, 15) is 0 Å². The highest BCUT2D eigenvalue weighted by atomic mass is 16.4. The highest BCUT2D eigenvalue weighted by molar-refractivity contribution is 5.12. The summed E-state index contributed by atoms with van der Waals surface area (Å²) in [7, 11) is 0. The van der Waals surface area contributed by atoms with Crippen LogP contribution < -0.4 is 5.73 Å². The first kappa shape index (κ1) is 6.85. The van der Waals surface area contributed by atoms with Gasteiger partial charge in [0.15, 0.2) is 5.89 Å². The first-order valence-corrected chi connectivity index (χ1v) is 3.97. The molecule has 0 bridgehead atoms. The molecular weight excluding hydrogens is 140 g/mol. The van der Waals surface area contributed by atoms with Crippen LogP contribution in [0.4, 0.5) is 0 Å². The Labute approximate surface area is 65.6 Å². The lowest BCUT2D eigenvalue weighted by atomic mass is 10.4. The Morgan fingerprint density at radius 3 is 2.82 bits per heavy atom. The van der Waals surface area contributed by atoms with Gasteiger partial charge in [-0.2, -0.15) is 0 Å². The number of nitrogens with two attached hydrogens (primary N) is 1. The van der Waals surface area contributed by atoms with Gasteiger partial charge in [-0.25, -0.2) is 4.98 Å². The Morgan fingerprint density at radius 2 is 2.36 bits per heavy atom. The zero-order valence-electron chi connectivity index (χ0n) is 6.63. The molecule has 1 aliphatic rings. The molecule has 0 radical (unpaired) electrons. The van der Waals surface area contributed by atoms with E-state index in [1.54, 1.807) is 0 Å². The average molecular weight is 152 g/mol. The highest BCUT2D eigenvalue weighted by Crippen LogP contribution is 2.39. The van der Waals surface area contributed by atoms with Crippen molar-refractivity contribution in [3.05, 3.63) is 17.3 Å². The number of hydrogen-bond acceptors (Lipinski definition) is 3. The van der Waals surface area contributed by atoms with Gasteiger partial charge in [-0.3, -0.25) is 0 Å². The van der Waals surface area contributed by atoms with Gasteiger partial charge in [-0.15, -0.1) is 0 Å². The number of nitrogens with zero attached hydrogens (tertiary/aromatic N) is 1. The second-order valence-corrected chi connectivity index (χ2v) is 3.04. The maximum absolute atomic E-state index is 5.45. The van der Waals surface area contributed by atoms with E-state index in [-0.39, 0.29) is 0 Å². The first-order valence-electron chi connectivity index (χ1n) is 3.97. The number of aryl methyl sites for hydroxylation is 1. The molecule has 0 unspecified atom stereocenters. The van der Waals surface area contributed by atoms with Gasteiger partial charge in [0, 0.05) is 5.92 Å². The van der Waals surface area contributed by atoms with Gasteiger partial charge >= 0.3 is 0 Å². The van der Waals surface area contributed by atoms with E-state index >= 15 is 0 Å². The minimum Gasteiger partial charge on any atom is -0.444 e. The number of rotatable bonds is 2. The van der Waals surface area contributed by atoms with Crippen LogP contribution in [0.1, 0.15) is 36.1 Å². The van der Waals surface area contributed by atoms with Crippen molar-refractivity contribution in [2.75, 3.05) is 0 Å². The van der Waals surface area contributed by atoms with Crippen LogP contribution in [0.25, 0.3) is 0 Å². The molecule has 0 spiro atoms. The van der Waals surface area contributed by atoms with E-state index in [1.165, 1.54) is 12.8 Å². The topological polar surface area (TPSA) is 52.0 Å². The summed E-state index contributed by atoms with van der Waals surface area (Å²) in [5.74, 6) is 2.32. The largest absolute Gasteiger partial charge is 0.444 e. The third-order valence-corrected chi connectivity index (χ3v) is 2.02. The third kappa shape index (κ3) is 1.16. The van der Waals surface area contributed by atoms with Crippen molar-refractivity contribution >= 4 is 0 Å². The molecule has 60 valence electrons. The maximum Gasteiger partial charge on any atom is 0.197 e. The van der Waals surface area contributed by atoms with E-state index in [2.05, 4.69) is 4.98 Å². The molecule has 2 N–H and O–H groups in total. The summed E-state index contributed by atoms with van der Waals surface area (Å²) >= 11 is 0. The van der Waals surface area contributed by atoms with Gasteiger partial charge in [-0.05, 0) is 19.8 Å². The lowest BCUT2D eigenvalue weighted by molar-refractivity contribution is 0.457. The molecule has 1 fully saturated rings. The lowest BCUT2D eigenvalue weighted by Crippen LogP contribution is -1.95. The van der Waals surface area contributed by atoms with E-state index in [0.717, 1.165) is 17.3 Å². The van der Waals surface area contributed by atoms with Crippen molar-refractivity contribution in [1.82, 2.24) is 4.98 Å². The number of aromatic nitrogens is 1. The summed E-state index contributed by atoms with van der Waals surface area (Å²) in [6, 6.07) is 0. The zero-order valence-corrected chi connectivity index (χ0v) is 6.63. The van der Waals surface area contributed by atoms with Crippen molar-refractivity contribution in [2.24, 2.45) is 5.73 Å². The number of hydrogen-bond donors (Lipinski definition) is 1. The standard InChI is InChI=1S/C8H12N2O/c1-5-7(4-9)11-8(10-5)6-2-3-6/h6H,2-4,9H2,1H3. The summed E-state index contributed by atoms with van der Waals surface area (Å²) in [4.78, 5) is 4.30. The predicted octanol–water partition coefficient (Wildman–Crippen LogP) is 1.32. The summed E-state index contributed by atoms with van der Waals surface area (Å²) < 4.78 is 5.45. The van der Waals surface area contributed by atoms with Gasteiger partial charge in [0.05, 0.1) is 12.2 Å². The van der Waals surface area contributed by atoms with Crippen LogP contribution in [-0.4, -0.2) is 4.98 Å². The molecule has 0 amide bonds. The Hall–Kier alpha value is -0.830. The Kier molecular flexibility index (Phi) is 1.46. The van der Waals surface area contributed by atoms with Crippen molar-refractivity contribution in [2.45, 2.75) is 32.2 Å². The Morgan fingerprint density at radius 1 is 1.64 bits per heavy atom. The fourth-order valence-electron chi connectivity index (χ4n) is 1.14. The van der Waals surface area contributed by atoms with Crippen LogP contribution in [0, 0.1) is 6.92 Å². The van der Waals surface area contributed by atoms with Gasteiger partial charge < -0.3 is 10.2 Å². The molecule has 1 aromatic rings. The van der Waals surface area contributed by atoms with Crippen molar-refractivity contribution < 1.29 is 4.42 Å². The minimum absolute atomic E-state index is 0.464. The third-order valence-electron chi connectivity index (χ3n) is 2.02. The molecule has 0 aromatic carbocycles. The lowest BCUT2D eigenvalue weighted by Gasteiger charge is -1.87. The van der Waals surface area contributed by atoms with Gasteiger partial charge in [-0.1, -0.05) is 0 Å². The predicted molar refractivity (Wildman–Crippen MR) is 41.1 cm³/mol. The second-order valence-electron chi connectivity index (χ2n) is 3.04. The maximum atomic E-state index is 5.45. The summed E-state index contributed by atoms with van der Waals surface area (Å²) in [6.45, 7) is 2.41. The van der Waals surface area contributed by atoms with Crippen molar-refractivity contribution in [1.29, 1.82) is 0 Å². The van der Waals surface area contributed by atoms with Crippen LogP contribution in [0.5, 0.6) is 0 Å². The molecule has 0 atom stereocenters. The molecule has 3 nitrogen and oxygen atoms in total. The molecule has 0 saturated heterocycles. The smallest absolute Gasteiger partial charge is 0.197 e. The molecule has 2 rings (SSSR count). The van der Waals surface area contributed by atoms with Crippen LogP contribution in [0.3, 0.4) is 0 Å². The molecule has 1 aliphatic carbocycles. The van der Waals surface area contributed by atoms with E-state index in [0.29, 0.717) is 12.5 Å². The Balaban J connectivity index is 2.28. The zero-order chi connectivity index (χ0) is 7.84. The van der Waals surface area contributed by atoms with Crippen LogP contribution >= 0.6 is 0 Å². The van der Waals surface area contributed by atoms with Gasteiger partial charge in [0.25, 0.3) is 0 Å². The molecule has 1 aromatic heterocycles.